The van der Waals surface area contributed by atoms with E-state index in [1.807, 2.05) is 24.3 Å². The van der Waals surface area contributed by atoms with E-state index in [-0.39, 0.29) is 44.5 Å². The molecule has 1 unspecified atom stereocenters. The molecule has 5 heteroatoms. The van der Waals surface area contributed by atoms with Crippen LogP contribution < -0.4 is 5.32 Å². The minimum Gasteiger partial charge on any atom is -0.650 e. The van der Waals surface area contributed by atoms with E-state index in [2.05, 4.69) is 16.7 Å². The van der Waals surface area contributed by atoms with Crippen LogP contribution in [0.15, 0.2) is 24.3 Å². The van der Waals surface area contributed by atoms with Gasteiger partial charge in [-0.1, -0.05) is 12.5 Å². The van der Waals surface area contributed by atoms with Gasteiger partial charge in [0, 0.05) is 39.1 Å². The van der Waals surface area contributed by atoms with Gasteiger partial charge in [0.25, 0.3) is 0 Å². The Morgan fingerprint density at radius 2 is 2.24 bits per heavy atom. The minimum atomic E-state index is -0.397. The first-order valence-electron chi connectivity index (χ1n) is 5.21. The van der Waals surface area contributed by atoms with Gasteiger partial charge in [0.15, 0.2) is 0 Å². The molecule has 1 aliphatic heterocycles. The van der Waals surface area contributed by atoms with E-state index < -0.39 is 6.04 Å². The van der Waals surface area contributed by atoms with Gasteiger partial charge >= 0.3 is 0 Å². The zero-order valence-corrected chi connectivity index (χ0v) is 12.2. The molecule has 4 nitrogen and oxygen atoms in total. The van der Waals surface area contributed by atoms with Gasteiger partial charge in [0.1, 0.15) is 0 Å². The molecule has 1 saturated heterocycles. The summed E-state index contributed by atoms with van der Waals surface area (Å²) in [5, 5.41) is 6.56. The molecule has 1 radical (unpaired) electrons. The third-order valence-corrected chi connectivity index (χ3v) is 2.47. The summed E-state index contributed by atoms with van der Waals surface area (Å²) in [7, 11) is 0. The Morgan fingerprint density at radius 1 is 1.41 bits per heavy atom. The Labute approximate surface area is 125 Å². The molecular weight excluding hydrogens is 293 g/mol. The predicted molar refractivity (Wildman–Crippen MR) is 58.5 cm³/mol. The third kappa shape index (κ3) is 4.30. The molecule has 17 heavy (non-hydrogen) atoms. The summed E-state index contributed by atoms with van der Waals surface area (Å²) < 4.78 is 0. The molecular formula is C12H12N2O2Y-2. The van der Waals surface area contributed by atoms with E-state index in [0.717, 1.165) is 5.56 Å². The SMILES string of the molecule is O=C1CCC([N-]Cc2[c-]cccc2)C(=O)N1.[Y]. The summed E-state index contributed by atoms with van der Waals surface area (Å²) in [6.07, 6.45) is 0.885. The van der Waals surface area contributed by atoms with Crippen LogP contribution in [0.1, 0.15) is 18.4 Å². The number of nitrogens with one attached hydrogen (secondary N) is 1. The summed E-state index contributed by atoms with van der Waals surface area (Å²) in [6.45, 7) is 0.465. The molecule has 1 aromatic rings. The maximum Gasteiger partial charge on any atom is 0.226 e. The van der Waals surface area contributed by atoms with E-state index in [9.17, 15) is 9.59 Å². The molecule has 0 bridgehead atoms. The molecule has 1 aromatic carbocycles. The minimum absolute atomic E-state index is 0. The normalized spacial score (nSPS) is 19.4. The van der Waals surface area contributed by atoms with Gasteiger partial charge in [-0.25, -0.2) is 0 Å². The number of hydrogen-bond acceptors (Lipinski definition) is 2. The third-order valence-electron chi connectivity index (χ3n) is 2.47. The van der Waals surface area contributed by atoms with Gasteiger partial charge in [-0.3, -0.25) is 14.9 Å². The summed E-state index contributed by atoms with van der Waals surface area (Å²) in [5.41, 5.74) is 0.951. The van der Waals surface area contributed by atoms with E-state index in [1.165, 1.54) is 0 Å². The second-order valence-electron chi connectivity index (χ2n) is 3.70. The van der Waals surface area contributed by atoms with Crippen molar-refractivity contribution < 1.29 is 42.3 Å². The molecule has 2 rings (SSSR count). The quantitative estimate of drug-likeness (QED) is 0.673. The Hall–Kier alpha value is -0.576. The molecule has 0 aliphatic carbocycles. The number of imide groups is 1. The number of rotatable bonds is 3. The first-order chi connectivity index (χ1) is 7.75. The van der Waals surface area contributed by atoms with E-state index >= 15 is 0 Å². The molecule has 87 valence electrons. The average Bonchev–Trinajstić information content (AvgIpc) is 2.29. The topological polar surface area (TPSA) is 60.3 Å². The Morgan fingerprint density at radius 3 is 2.88 bits per heavy atom. The fraction of sp³-hybridized carbons (Fsp3) is 0.333. The number of hydrogen-bond donors (Lipinski definition) is 1. The van der Waals surface area contributed by atoms with Crippen LogP contribution in [-0.4, -0.2) is 17.9 Å². The van der Waals surface area contributed by atoms with Gasteiger partial charge in [-0.15, -0.1) is 6.54 Å². The van der Waals surface area contributed by atoms with Crippen molar-refractivity contribution in [2.45, 2.75) is 25.4 Å². The molecule has 1 N–H and O–H groups in total. The van der Waals surface area contributed by atoms with Gasteiger partial charge < -0.3 is 5.32 Å². The maximum absolute atomic E-state index is 11.4. The average molecular weight is 305 g/mol. The van der Waals surface area contributed by atoms with E-state index in [4.69, 9.17) is 0 Å². The van der Waals surface area contributed by atoms with Gasteiger partial charge in [0.2, 0.25) is 11.8 Å². The van der Waals surface area contributed by atoms with Gasteiger partial charge in [-0.05, 0) is 0 Å². The number of piperidine rings is 1. The largest absolute Gasteiger partial charge is 0.650 e. The molecule has 1 heterocycles. The summed E-state index contributed by atoms with van der Waals surface area (Å²) >= 11 is 0. The second kappa shape index (κ2) is 6.99. The fourth-order valence-corrected chi connectivity index (χ4v) is 1.59. The molecule has 0 aromatic heterocycles. The Bertz CT molecular complexity index is 395. The van der Waals surface area contributed by atoms with Crippen LogP contribution >= 0.6 is 0 Å². The molecule has 1 atom stereocenters. The van der Waals surface area contributed by atoms with Crippen molar-refractivity contribution >= 4 is 11.8 Å². The summed E-state index contributed by atoms with van der Waals surface area (Å²) in [4.78, 5) is 22.3. The van der Waals surface area contributed by atoms with E-state index in [0.29, 0.717) is 19.4 Å². The van der Waals surface area contributed by atoms with Crippen molar-refractivity contribution in [1.82, 2.24) is 5.32 Å². The number of carbonyl (C=O) groups excluding carboxylic acids is 2. The Kier molecular flexibility index (Phi) is 5.96. The molecule has 0 saturated carbocycles. The van der Waals surface area contributed by atoms with Crippen molar-refractivity contribution in [3.05, 3.63) is 41.2 Å². The standard InChI is InChI=1S/C12H12N2O2.Y/c15-11-7-6-10(12(16)14-11)13-8-9-4-2-1-3-5-9;/h1-4,10H,6-8H2,(H,14,15,16);/q-2;. The number of amides is 2. The van der Waals surface area contributed by atoms with Crippen LogP contribution in [0.4, 0.5) is 0 Å². The van der Waals surface area contributed by atoms with Gasteiger partial charge in [-0.2, -0.15) is 35.9 Å². The van der Waals surface area contributed by atoms with Crippen LogP contribution in [0.2, 0.25) is 0 Å². The maximum atomic E-state index is 11.4. The van der Waals surface area contributed by atoms with Crippen LogP contribution in [0.3, 0.4) is 0 Å². The summed E-state index contributed by atoms with van der Waals surface area (Å²) in [5.74, 6) is -0.491. The van der Waals surface area contributed by atoms with Gasteiger partial charge in [0.05, 0.1) is 0 Å². The second-order valence-corrected chi connectivity index (χ2v) is 3.70. The Balaban J connectivity index is 0.00000144. The zero-order chi connectivity index (χ0) is 11.4. The first kappa shape index (κ1) is 14.5. The number of carbonyl (C=O) groups is 2. The monoisotopic (exact) mass is 305 g/mol. The molecule has 1 aliphatic rings. The number of nitrogens with zero attached hydrogens (tertiary/aromatic N) is 1. The van der Waals surface area contributed by atoms with Crippen molar-refractivity contribution in [1.29, 1.82) is 0 Å². The first-order valence-corrected chi connectivity index (χ1v) is 5.21. The molecule has 1 fully saturated rings. The number of benzene rings is 1. The van der Waals surface area contributed by atoms with E-state index in [1.54, 1.807) is 0 Å². The van der Waals surface area contributed by atoms with Crippen LogP contribution in [-0.2, 0) is 48.8 Å². The zero-order valence-electron chi connectivity index (χ0n) is 9.35. The summed E-state index contributed by atoms with van der Waals surface area (Å²) in [6, 6.07) is 10.2. The molecule has 0 spiro atoms. The van der Waals surface area contributed by atoms with Crippen molar-refractivity contribution in [3.8, 4) is 0 Å². The smallest absolute Gasteiger partial charge is 0.226 e. The molecule has 2 amide bonds. The van der Waals surface area contributed by atoms with Crippen LogP contribution in [0, 0.1) is 6.07 Å². The fourth-order valence-electron chi connectivity index (χ4n) is 1.59. The predicted octanol–water partition coefficient (Wildman–Crippen LogP) is 1.16. The van der Waals surface area contributed by atoms with Crippen molar-refractivity contribution in [2.24, 2.45) is 0 Å². The van der Waals surface area contributed by atoms with Crippen molar-refractivity contribution in [3.63, 3.8) is 0 Å². The van der Waals surface area contributed by atoms with Crippen molar-refractivity contribution in [2.75, 3.05) is 0 Å². The van der Waals surface area contributed by atoms with Crippen LogP contribution in [0.25, 0.3) is 5.32 Å². The van der Waals surface area contributed by atoms with Crippen LogP contribution in [0.5, 0.6) is 0 Å².